The fraction of sp³-hybridized carbons (Fsp3) is 0.267. The molecule has 5 nitrogen and oxygen atoms in total. The van der Waals surface area contributed by atoms with Crippen molar-refractivity contribution >= 4 is 18.3 Å². The van der Waals surface area contributed by atoms with Crippen LogP contribution in [-0.2, 0) is 6.61 Å². The fourth-order valence-electron chi connectivity index (χ4n) is 1.65. The van der Waals surface area contributed by atoms with E-state index < -0.39 is 0 Å². The summed E-state index contributed by atoms with van der Waals surface area (Å²) in [6.07, 6.45) is 0.715. The number of carbonyl (C=O) groups excluding carboxylic acids is 1. The van der Waals surface area contributed by atoms with Crippen LogP contribution in [0.2, 0.25) is 0 Å². The van der Waals surface area contributed by atoms with Gasteiger partial charge in [0.1, 0.15) is 23.9 Å². The maximum atomic E-state index is 12.7. The molecule has 3 N–H and O–H groups in total. The van der Waals surface area contributed by atoms with Crippen LogP contribution in [0, 0.1) is 5.82 Å². The lowest BCUT2D eigenvalue weighted by Crippen LogP contribution is -2.25. The van der Waals surface area contributed by atoms with E-state index in [0.29, 0.717) is 31.0 Å². The van der Waals surface area contributed by atoms with Crippen molar-refractivity contribution in [3.8, 4) is 5.75 Å². The number of halogens is 2. The molecule has 0 fully saturated rings. The third-order valence-corrected chi connectivity index (χ3v) is 2.75. The highest BCUT2D eigenvalue weighted by Crippen LogP contribution is 2.15. The molecular formula is C15H18ClFN2O3. The summed E-state index contributed by atoms with van der Waals surface area (Å²) in [4.78, 5) is 11.7. The first kappa shape index (κ1) is 18.0. The van der Waals surface area contributed by atoms with Gasteiger partial charge in [0.05, 0.1) is 0 Å². The first-order valence-corrected chi connectivity index (χ1v) is 6.64. The topological polar surface area (TPSA) is 77.5 Å². The van der Waals surface area contributed by atoms with Crippen molar-refractivity contribution in [2.24, 2.45) is 5.73 Å². The van der Waals surface area contributed by atoms with Crippen LogP contribution in [-0.4, -0.2) is 19.0 Å². The van der Waals surface area contributed by atoms with Crippen LogP contribution >= 0.6 is 12.4 Å². The second-order valence-corrected chi connectivity index (χ2v) is 4.41. The van der Waals surface area contributed by atoms with Crippen molar-refractivity contribution in [3.05, 3.63) is 53.7 Å². The Morgan fingerprint density at radius 3 is 2.64 bits per heavy atom. The Morgan fingerprint density at radius 1 is 1.23 bits per heavy atom. The zero-order valence-electron chi connectivity index (χ0n) is 11.9. The van der Waals surface area contributed by atoms with Gasteiger partial charge < -0.3 is 20.2 Å². The minimum atomic E-state index is -0.322. The van der Waals surface area contributed by atoms with E-state index in [0.717, 1.165) is 0 Å². The third kappa shape index (κ3) is 5.38. The standard InChI is InChI=1S/C15H17FN2O3.ClH/c16-11-2-4-12(5-3-11)20-10-13-6-7-14(21-13)15(19)18-9-1-8-17;/h2-7H,1,8-10,17H2,(H,18,19);1H. The predicted molar refractivity (Wildman–Crippen MR) is 82.7 cm³/mol. The molecule has 0 saturated heterocycles. The van der Waals surface area contributed by atoms with Gasteiger partial charge >= 0.3 is 0 Å². The summed E-state index contributed by atoms with van der Waals surface area (Å²) in [5.74, 6) is 0.669. The number of furan rings is 1. The quantitative estimate of drug-likeness (QED) is 0.765. The molecular weight excluding hydrogens is 311 g/mol. The average molecular weight is 329 g/mol. The van der Waals surface area contributed by atoms with E-state index in [1.165, 1.54) is 24.3 Å². The van der Waals surface area contributed by atoms with E-state index in [1.54, 1.807) is 12.1 Å². The van der Waals surface area contributed by atoms with Crippen LogP contribution in [0.5, 0.6) is 5.75 Å². The molecule has 0 aliphatic heterocycles. The molecule has 7 heteroatoms. The molecule has 2 rings (SSSR count). The number of nitrogens with two attached hydrogens (primary N) is 1. The monoisotopic (exact) mass is 328 g/mol. The van der Waals surface area contributed by atoms with E-state index in [9.17, 15) is 9.18 Å². The molecule has 0 atom stereocenters. The highest BCUT2D eigenvalue weighted by molar-refractivity contribution is 5.91. The number of nitrogens with one attached hydrogen (secondary N) is 1. The van der Waals surface area contributed by atoms with Crippen LogP contribution < -0.4 is 15.8 Å². The van der Waals surface area contributed by atoms with Gasteiger partial charge in [-0.3, -0.25) is 4.79 Å². The second-order valence-electron chi connectivity index (χ2n) is 4.41. The average Bonchev–Trinajstić information content (AvgIpc) is 2.96. The highest BCUT2D eigenvalue weighted by Gasteiger charge is 2.10. The number of hydrogen-bond acceptors (Lipinski definition) is 4. The molecule has 0 aliphatic rings. The minimum Gasteiger partial charge on any atom is -0.486 e. The van der Waals surface area contributed by atoms with Crippen molar-refractivity contribution in [1.29, 1.82) is 0 Å². The maximum absolute atomic E-state index is 12.7. The Morgan fingerprint density at radius 2 is 1.95 bits per heavy atom. The first-order chi connectivity index (χ1) is 10.2. The van der Waals surface area contributed by atoms with Gasteiger partial charge in [-0.1, -0.05) is 0 Å². The maximum Gasteiger partial charge on any atom is 0.286 e. The highest BCUT2D eigenvalue weighted by atomic mass is 35.5. The van der Waals surface area contributed by atoms with Crippen LogP contribution in [0.15, 0.2) is 40.8 Å². The van der Waals surface area contributed by atoms with Crippen molar-refractivity contribution in [2.45, 2.75) is 13.0 Å². The lowest BCUT2D eigenvalue weighted by Gasteiger charge is -2.04. The second kappa shape index (κ2) is 9.07. The number of amides is 1. The summed E-state index contributed by atoms with van der Waals surface area (Å²) < 4.78 is 23.6. The summed E-state index contributed by atoms with van der Waals surface area (Å²) in [5.41, 5.74) is 5.35. The molecule has 0 spiro atoms. The zero-order chi connectivity index (χ0) is 15.1. The fourth-order valence-corrected chi connectivity index (χ4v) is 1.65. The largest absolute Gasteiger partial charge is 0.486 e. The van der Waals surface area contributed by atoms with Gasteiger partial charge in [0.2, 0.25) is 0 Å². The van der Waals surface area contributed by atoms with Crippen molar-refractivity contribution in [1.82, 2.24) is 5.32 Å². The van der Waals surface area contributed by atoms with E-state index in [-0.39, 0.29) is 36.5 Å². The summed E-state index contributed by atoms with van der Waals surface area (Å²) in [5, 5.41) is 2.70. The van der Waals surface area contributed by atoms with E-state index >= 15 is 0 Å². The molecule has 120 valence electrons. The molecule has 0 bridgehead atoms. The zero-order valence-corrected chi connectivity index (χ0v) is 12.7. The van der Waals surface area contributed by atoms with Gasteiger partial charge in [-0.05, 0) is 49.4 Å². The van der Waals surface area contributed by atoms with Gasteiger partial charge in [-0.15, -0.1) is 12.4 Å². The number of ether oxygens (including phenoxy) is 1. The van der Waals surface area contributed by atoms with Crippen LogP contribution in [0.3, 0.4) is 0 Å². The summed E-state index contributed by atoms with van der Waals surface area (Å²) in [7, 11) is 0. The summed E-state index contributed by atoms with van der Waals surface area (Å²) in [6, 6.07) is 8.93. The molecule has 0 radical (unpaired) electrons. The molecule has 1 aromatic heterocycles. The summed E-state index contributed by atoms with van der Waals surface area (Å²) >= 11 is 0. The first-order valence-electron chi connectivity index (χ1n) is 6.64. The molecule has 1 heterocycles. The molecule has 0 aliphatic carbocycles. The Hall–Kier alpha value is -2.05. The summed E-state index contributed by atoms with van der Waals surface area (Å²) in [6.45, 7) is 1.20. The minimum absolute atomic E-state index is 0. The van der Waals surface area contributed by atoms with E-state index in [4.69, 9.17) is 14.9 Å². The smallest absolute Gasteiger partial charge is 0.286 e. The van der Waals surface area contributed by atoms with Gasteiger partial charge in [0, 0.05) is 6.54 Å². The van der Waals surface area contributed by atoms with Gasteiger partial charge in [0.15, 0.2) is 5.76 Å². The van der Waals surface area contributed by atoms with Crippen molar-refractivity contribution in [3.63, 3.8) is 0 Å². The molecule has 22 heavy (non-hydrogen) atoms. The Labute approximate surface area is 134 Å². The number of benzene rings is 1. The predicted octanol–water partition coefficient (Wildman–Crippen LogP) is 2.50. The van der Waals surface area contributed by atoms with E-state index in [2.05, 4.69) is 5.32 Å². The molecule has 0 saturated carbocycles. The van der Waals surface area contributed by atoms with Gasteiger partial charge in [-0.2, -0.15) is 0 Å². The lowest BCUT2D eigenvalue weighted by molar-refractivity contribution is 0.0921. The SMILES string of the molecule is Cl.NCCCNC(=O)c1ccc(COc2ccc(F)cc2)o1. The van der Waals surface area contributed by atoms with Crippen LogP contribution in [0.4, 0.5) is 4.39 Å². The van der Waals surface area contributed by atoms with Gasteiger partial charge in [-0.25, -0.2) is 4.39 Å². The van der Waals surface area contributed by atoms with Crippen molar-refractivity contribution in [2.75, 3.05) is 13.1 Å². The molecule has 2 aromatic rings. The molecule has 0 unspecified atom stereocenters. The van der Waals surface area contributed by atoms with Crippen LogP contribution in [0.1, 0.15) is 22.7 Å². The Bertz CT molecular complexity index is 587. The molecule has 1 amide bonds. The van der Waals surface area contributed by atoms with Crippen LogP contribution in [0.25, 0.3) is 0 Å². The van der Waals surface area contributed by atoms with Crippen molar-refractivity contribution < 1.29 is 18.3 Å². The van der Waals surface area contributed by atoms with E-state index in [1.807, 2.05) is 0 Å². The third-order valence-electron chi connectivity index (χ3n) is 2.75. The lowest BCUT2D eigenvalue weighted by atomic mass is 10.3. The number of hydrogen-bond donors (Lipinski definition) is 2. The normalized spacial score (nSPS) is 9.91. The molecule has 1 aromatic carbocycles. The Kier molecular flexibility index (Phi) is 7.42. The number of carbonyl (C=O) groups is 1. The Balaban J connectivity index is 0.00000242. The number of rotatable bonds is 7. The van der Waals surface area contributed by atoms with Gasteiger partial charge in [0.25, 0.3) is 5.91 Å².